The fourth-order valence-electron chi connectivity index (χ4n) is 2.00. The maximum Gasteiger partial charge on any atom is 0.258 e. The van der Waals surface area contributed by atoms with Crippen LogP contribution in [0.25, 0.3) is 10.8 Å². The van der Waals surface area contributed by atoms with E-state index in [0.717, 1.165) is 16.5 Å². The topological polar surface area (TPSA) is 20.3 Å². The van der Waals surface area contributed by atoms with Gasteiger partial charge in [-0.05, 0) is 18.4 Å². The van der Waals surface area contributed by atoms with E-state index in [-0.39, 0.29) is 0 Å². The predicted octanol–water partition coefficient (Wildman–Crippen LogP) is 3.16. The van der Waals surface area contributed by atoms with Gasteiger partial charge in [0.05, 0.1) is 5.69 Å². The Hall–Kier alpha value is -1.90. The molecule has 0 unspecified atom stereocenters. The van der Waals surface area contributed by atoms with E-state index < -0.39 is 12.6 Å². The molecule has 0 N–H and O–H groups in total. The van der Waals surface area contributed by atoms with Crippen LogP contribution in [-0.4, -0.2) is 19.1 Å². The Morgan fingerprint density at radius 1 is 1.18 bits per heavy atom. The number of halogens is 1. The first-order valence-corrected chi connectivity index (χ1v) is 5.62. The molecule has 0 aliphatic heterocycles. The molecule has 2 aromatic rings. The van der Waals surface area contributed by atoms with Gasteiger partial charge in [0, 0.05) is 11.9 Å². The Labute approximate surface area is 99.7 Å². The van der Waals surface area contributed by atoms with E-state index in [9.17, 15) is 9.18 Å². The first kappa shape index (κ1) is 11.6. The summed E-state index contributed by atoms with van der Waals surface area (Å²) in [4.78, 5) is 13.0. The molecule has 0 heterocycles. The van der Waals surface area contributed by atoms with Crippen molar-refractivity contribution >= 4 is 22.4 Å². The lowest BCUT2D eigenvalue weighted by Gasteiger charge is -2.21. The van der Waals surface area contributed by atoms with Crippen LogP contribution in [0.15, 0.2) is 42.5 Å². The van der Waals surface area contributed by atoms with E-state index in [4.69, 9.17) is 0 Å². The van der Waals surface area contributed by atoms with Crippen molar-refractivity contribution in [1.29, 1.82) is 0 Å². The van der Waals surface area contributed by atoms with Gasteiger partial charge in [-0.3, -0.25) is 4.79 Å². The summed E-state index contributed by atoms with van der Waals surface area (Å²) in [6.45, 7) is 1.35. The summed E-state index contributed by atoms with van der Waals surface area (Å²) in [6, 6.07) is 13.5. The monoisotopic (exact) mass is 231 g/mol. The number of nitrogens with zero attached hydrogens (tertiary/aromatic N) is 1. The highest BCUT2D eigenvalue weighted by molar-refractivity contribution is 6.04. The third-order valence-electron chi connectivity index (χ3n) is 2.79. The van der Waals surface area contributed by atoms with Gasteiger partial charge in [0.25, 0.3) is 5.91 Å². The number of hydrogen-bond acceptors (Lipinski definition) is 1. The lowest BCUT2D eigenvalue weighted by molar-refractivity contribution is -0.119. The number of alkyl halides is 1. The van der Waals surface area contributed by atoms with Gasteiger partial charge in [-0.15, -0.1) is 0 Å². The minimum Gasteiger partial charge on any atom is -0.310 e. The van der Waals surface area contributed by atoms with Gasteiger partial charge in [-0.2, -0.15) is 0 Å². The highest BCUT2D eigenvalue weighted by Gasteiger charge is 2.15. The zero-order valence-corrected chi connectivity index (χ0v) is 9.69. The van der Waals surface area contributed by atoms with Crippen LogP contribution in [0.3, 0.4) is 0 Å². The van der Waals surface area contributed by atoms with E-state index in [1.807, 2.05) is 49.4 Å². The maximum absolute atomic E-state index is 12.5. The maximum atomic E-state index is 12.5. The molecule has 17 heavy (non-hydrogen) atoms. The summed E-state index contributed by atoms with van der Waals surface area (Å²) in [5.41, 5.74) is 0.772. The fourth-order valence-corrected chi connectivity index (χ4v) is 2.00. The molecule has 0 bridgehead atoms. The summed E-state index contributed by atoms with van der Waals surface area (Å²) >= 11 is 0. The van der Waals surface area contributed by atoms with Gasteiger partial charge < -0.3 is 4.90 Å². The molecule has 2 rings (SSSR count). The average molecular weight is 231 g/mol. The van der Waals surface area contributed by atoms with Crippen LogP contribution in [-0.2, 0) is 4.79 Å². The molecule has 0 aromatic heterocycles. The van der Waals surface area contributed by atoms with Crippen molar-refractivity contribution in [3.8, 4) is 0 Å². The van der Waals surface area contributed by atoms with Crippen LogP contribution in [0.2, 0.25) is 0 Å². The molecule has 0 aliphatic rings. The molecule has 0 aliphatic carbocycles. The molecule has 88 valence electrons. The van der Waals surface area contributed by atoms with Crippen molar-refractivity contribution in [1.82, 2.24) is 0 Å². The number of amides is 1. The van der Waals surface area contributed by atoms with Crippen LogP contribution < -0.4 is 4.90 Å². The Bertz CT molecular complexity index is 533. The smallest absolute Gasteiger partial charge is 0.258 e. The predicted molar refractivity (Wildman–Crippen MR) is 68.0 cm³/mol. The van der Waals surface area contributed by atoms with Crippen LogP contribution in [0.5, 0.6) is 0 Å². The van der Waals surface area contributed by atoms with Crippen molar-refractivity contribution in [3.63, 3.8) is 0 Å². The second kappa shape index (κ2) is 4.95. The van der Waals surface area contributed by atoms with Gasteiger partial charge in [0.1, 0.15) is 0 Å². The summed E-state index contributed by atoms with van der Waals surface area (Å²) in [6.07, 6.45) is 0. The van der Waals surface area contributed by atoms with E-state index in [1.54, 1.807) is 0 Å². The van der Waals surface area contributed by atoms with E-state index in [2.05, 4.69) is 0 Å². The van der Waals surface area contributed by atoms with E-state index >= 15 is 0 Å². The first-order valence-electron chi connectivity index (χ1n) is 5.62. The number of rotatable bonds is 3. The van der Waals surface area contributed by atoms with Crippen molar-refractivity contribution in [3.05, 3.63) is 42.5 Å². The van der Waals surface area contributed by atoms with E-state index in [0.29, 0.717) is 6.54 Å². The van der Waals surface area contributed by atoms with Gasteiger partial charge in [-0.25, -0.2) is 4.39 Å². The third-order valence-corrected chi connectivity index (χ3v) is 2.79. The molecule has 3 heteroatoms. The summed E-state index contributed by atoms with van der Waals surface area (Å²) in [5.74, 6) is -0.496. The Morgan fingerprint density at radius 2 is 1.88 bits per heavy atom. The minimum atomic E-state index is -0.961. The van der Waals surface area contributed by atoms with E-state index in [1.165, 1.54) is 4.90 Å². The number of hydrogen-bond donors (Lipinski definition) is 0. The van der Waals surface area contributed by atoms with Crippen molar-refractivity contribution in [2.75, 3.05) is 18.1 Å². The second-order valence-corrected chi connectivity index (χ2v) is 3.77. The number of benzene rings is 2. The zero-order valence-electron chi connectivity index (χ0n) is 9.69. The number of fused-ring (bicyclic) bond motifs is 1. The second-order valence-electron chi connectivity index (χ2n) is 3.77. The Balaban J connectivity index is 2.57. The lowest BCUT2D eigenvalue weighted by atomic mass is 10.1. The summed E-state index contributed by atoms with van der Waals surface area (Å²) in [7, 11) is 0. The molecule has 0 saturated carbocycles. The molecule has 1 amide bonds. The quantitative estimate of drug-likeness (QED) is 0.794. The molecule has 0 saturated heterocycles. The third kappa shape index (κ3) is 2.13. The molecule has 2 aromatic carbocycles. The van der Waals surface area contributed by atoms with Crippen LogP contribution in [0.4, 0.5) is 10.1 Å². The van der Waals surface area contributed by atoms with Crippen molar-refractivity contribution < 1.29 is 9.18 Å². The lowest BCUT2D eigenvalue weighted by Crippen LogP contribution is -2.31. The highest BCUT2D eigenvalue weighted by atomic mass is 19.1. The first-order chi connectivity index (χ1) is 8.27. The van der Waals surface area contributed by atoms with Crippen molar-refractivity contribution in [2.45, 2.75) is 6.92 Å². The molecule has 0 atom stereocenters. The molecular formula is C14H14FNO. The van der Waals surface area contributed by atoms with Gasteiger partial charge >= 0.3 is 0 Å². The minimum absolute atomic E-state index is 0.469. The highest BCUT2D eigenvalue weighted by Crippen LogP contribution is 2.26. The van der Waals surface area contributed by atoms with Gasteiger partial charge in [0.2, 0.25) is 0 Å². The van der Waals surface area contributed by atoms with Crippen LogP contribution >= 0.6 is 0 Å². The largest absolute Gasteiger partial charge is 0.310 e. The summed E-state index contributed by atoms with van der Waals surface area (Å²) in [5, 5.41) is 2.02. The van der Waals surface area contributed by atoms with Crippen LogP contribution in [0.1, 0.15) is 6.92 Å². The van der Waals surface area contributed by atoms with Gasteiger partial charge in [-0.1, -0.05) is 36.4 Å². The van der Waals surface area contributed by atoms with Crippen LogP contribution in [0, 0.1) is 0 Å². The standard InChI is InChI=1S/C14H14FNO/c1-2-16(14(17)10-15)13-9-5-7-11-6-3-4-8-12(11)13/h3-9H,2,10H2,1H3. The molecular weight excluding hydrogens is 217 g/mol. The number of carbonyl (C=O) groups is 1. The number of carbonyl (C=O) groups excluding carboxylic acids is 1. The average Bonchev–Trinajstić information content (AvgIpc) is 2.39. The number of anilines is 1. The van der Waals surface area contributed by atoms with Gasteiger partial charge in [0.15, 0.2) is 6.67 Å². The van der Waals surface area contributed by atoms with Crippen molar-refractivity contribution in [2.24, 2.45) is 0 Å². The fraction of sp³-hybridized carbons (Fsp3) is 0.214. The molecule has 0 spiro atoms. The summed E-state index contributed by atoms with van der Waals surface area (Å²) < 4.78 is 12.5. The Kier molecular flexibility index (Phi) is 3.38. The molecule has 2 nitrogen and oxygen atoms in total. The normalized spacial score (nSPS) is 10.5. The Morgan fingerprint density at radius 3 is 2.59 bits per heavy atom. The SMILES string of the molecule is CCN(C(=O)CF)c1cccc2ccccc12. The molecule has 0 fully saturated rings. The molecule has 0 radical (unpaired) electrons. The zero-order chi connectivity index (χ0) is 12.3.